The van der Waals surface area contributed by atoms with Gasteiger partial charge in [0.05, 0.1) is 5.41 Å². The second-order valence-electron chi connectivity index (χ2n) is 5.08. The first kappa shape index (κ1) is 14.9. The van der Waals surface area contributed by atoms with Gasteiger partial charge in [-0.25, -0.2) is 4.79 Å². The zero-order chi connectivity index (χ0) is 14.8. The summed E-state index contributed by atoms with van der Waals surface area (Å²) in [6, 6.07) is -0.530. The van der Waals surface area contributed by atoms with Crippen LogP contribution in [0.2, 0.25) is 0 Å². The SMILES string of the molecule is CN1CC(=O)N(CC(=O)NCC(C)(C)C(=O)O)C1=O. The van der Waals surface area contributed by atoms with E-state index in [1.807, 2.05) is 0 Å². The second-order valence-corrected chi connectivity index (χ2v) is 5.08. The van der Waals surface area contributed by atoms with Gasteiger partial charge in [0.1, 0.15) is 13.1 Å². The number of rotatable bonds is 5. The van der Waals surface area contributed by atoms with Crippen LogP contribution in [-0.2, 0) is 14.4 Å². The summed E-state index contributed by atoms with van der Waals surface area (Å²) in [6.45, 7) is 2.42. The zero-order valence-electron chi connectivity index (χ0n) is 11.1. The molecule has 4 amide bonds. The lowest BCUT2D eigenvalue weighted by Gasteiger charge is -2.20. The maximum absolute atomic E-state index is 11.6. The topological polar surface area (TPSA) is 107 Å². The van der Waals surface area contributed by atoms with Crippen molar-refractivity contribution in [3.05, 3.63) is 0 Å². The van der Waals surface area contributed by atoms with Crippen molar-refractivity contribution >= 4 is 23.8 Å². The minimum Gasteiger partial charge on any atom is -0.481 e. The first-order chi connectivity index (χ1) is 8.65. The average Bonchev–Trinajstić information content (AvgIpc) is 2.53. The van der Waals surface area contributed by atoms with Crippen LogP contribution < -0.4 is 5.32 Å². The molecular weight excluding hydrogens is 254 g/mol. The Balaban J connectivity index is 2.51. The van der Waals surface area contributed by atoms with E-state index in [4.69, 9.17) is 5.11 Å². The fourth-order valence-corrected chi connectivity index (χ4v) is 1.42. The highest BCUT2D eigenvalue weighted by Crippen LogP contribution is 2.13. The molecule has 1 saturated heterocycles. The number of hydrogen-bond acceptors (Lipinski definition) is 4. The molecule has 0 atom stereocenters. The number of aliphatic carboxylic acids is 1. The summed E-state index contributed by atoms with van der Waals surface area (Å²) < 4.78 is 0. The van der Waals surface area contributed by atoms with Gasteiger partial charge in [0.15, 0.2) is 0 Å². The highest BCUT2D eigenvalue weighted by Gasteiger charge is 2.35. The number of hydrogen-bond donors (Lipinski definition) is 2. The van der Waals surface area contributed by atoms with Crippen LogP contribution in [0.3, 0.4) is 0 Å². The molecule has 0 spiro atoms. The molecule has 0 unspecified atom stereocenters. The fraction of sp³-hybridized carbons (Fsp3) is 0.636. The van der Waals surface area contributed by atoms with Crippen LogP contribution in [0.15, 0.2) is 0 Å². The van der Waals surface area contributed by atoms with E-state index in [2.05, 4.69) is 5.32 Å². The van der Waals surface area contributed by atoms with Gasteiger partial charge in [-0.2, -0.15) is 0 Å². The van der Waals surface area contributed by atoms with Crippen LogP contribution in [0.5, 0.6) is 0 Å². The quantitative estimate of drug-likeness (QED) is 0.631. The van der Waals surface area contributed by atoms with Crippen LogP contribution in [0.25, 0.3) is 0 Å². The molecule has 19 heavy (non-hydrogen) atoms. The highest BCUT2D eigenvalue weighted by atomic mass is 16.4. The lowest BCUT2D eigenvalue weighted by Crippen LogP contribution is -2.45. The van der Waals surface area contributed by atoms with Crippen molar-refractivity contribution in [3.8, 4) is 0 Å². The van der Waals surface area contributed by atoms with E-state index in [0.29, 0.717) is 0 Å². The molecule has 0 saturated carbocycles. The monoisotopic (exact) mass is 271 g/mol. The molecule has 1 fully saturated rings. The van der Waals surface area contributed by atoms with Gasteiger partial charge in [-0.15, -0.1) is 0 Å². The summed E-state index contributed by atoms with van der Waals surface area (Å²) in [5, 5.41) is 11.3. The Morgan fingerprint density at radius 3 is 2.37 bits per heavy atom. The van der Waals surface area contributed by atoms with Crippen LogP contribution >= 0.6 is 0 Å². The molecule has 8 heteroatoms. The Morgan fingerprint density at radius 2 is 1.95 bits per heavy atom. The van der Waals surface area contributed by atoms with Gasteiger partial charge in [-0.05, 0) is 13.8 Å². The Labute approximate surface area is 110 Å². The predicted molar refractivity (Wildman–Crippen MR) is 64.2 cm³/mol. The maximum atomic E-state index is 11.6. The number of carbonyl (C=O) groups excluding carboxylic acids is 3. The minimum absolute atomic E-state index is 0.0489. The third-order valence-electron chi connectivity index (χ3n) is 2.84. The number of carbonyl (C=O) groups is 4. The number of imide groups is 1. The summed E-state index contributed by atoms with van der Waals surface area (Å²) in [7, 11) is 1.46. The summed E-state index contributed by atoms with van der Waals surface area (Å²) in [5.74, 6) is -2.05. The van der Waals surface area contributed by atoms with Gasteiger partial charge in [0, 0.05) is 13.6 Å². The van der Waals surface area contributed by atoms with E-state index in [0.717, 1.165) is 4.90 Å². The molecule has 1 aliphatic heterocycles. The van der Waals surface area contributed by atoms with E-state index in [-0.39, 0.29) is 13.1 Å². The smallest absolute Gasteiger partial charge is 0.327 e. The first-order valence-electron chi connectivity index (χ1n) is 5.70. The highest BCUT2D eigenvalue weighted by molar-refractivity contribution is 6.04. The van der Waals surface area contributed by atoms with Crippen molar-refractivity contribution in [1.29, 1.82) is 0 Å². The summed E-state index contributed by atoms with van der Waals surface area (Å²) in [5.41, 5.74) is -1.11. The molecule has 0 bridgehead atoms. The number of urea groups is 1. The number of nitrogens with zero attached hydrogens (tertiary/aromatic N) is 2. The van der Waals surface area contributed by atoms with Crippen molar-refractivity contribution in [2.45, 2.75) is 13.8 Å². The molecule has 0 aromatic carbocycles. The minimum atomic E-state index is -1.11. The Morgan fingerprint density at radius 1 is 1.37 bits per heavy atom. The van der Waals surface area contributed by atoms with E-state index in [9.17, 15) is 19.2 Å². The van der Waals surface area contributed by atoms with Gasteiger partial charge in [0.25, 0.3) is 5.91 Å². The molecule has 0 aliphatic carbocycles. The van der Waals surface area contributed by atoms with Crippen LogP contribution in [-0.4, -0.2) is 65.4 Å². The van der Waals surface area contributed by atoms with Crippen LogP contribution in [0.1, 0.15) is 13.8 Å². The molecule has 1 rings (SSSR count). The van der Waals surface area contributed by atoms with E-state index in [1.54, 1.807) is 0 Å². The molecule has 1 aliphatic rings. The maximum Gasteiger partial charge on any atom is 0.327 e. The van der Waals surface area contributed by atoms with Crippen molar-refractivity contribution in [2.24, 2.45) is 5.41 Å². The van der Waals surface area contributed by atoms with Gasteiger partial charge < -0.3 is 15.3 Å². The normalized spacial score (nSPS) is 15.9. The van der Waals surface area contributed by atoms with Gasteiger partial charge in [-0.3, -0.25) is 19.3 Å². The summed E-state index contributed by atoms with van der Waals surface area (Å²) in [4.78, 5) is 47.4. The molecule has 2 N–H and O–H groups in total. The second kappa shape index (κ2) is 5.25. The largest absolute Gasteiger partial charge is 0.481 e. The number of nitrogens with one attached hydrogen (secondary N) is 1. The number of likely N-dealkylation sites (N-methyl/N-ethyl adjacent to an activating group) is 1. The lowest BCUT2D eigenvalue weighted by molar-refractivity contribution is -0.147. The average molecular weight is 271 g/mol. The lowest BCUT2D eigenvalue weighted by atomic mass is 9.94. The van der Waals surface area contributed by atoms with Gasteiger partial charge in [0.2, 0.25) is 5.91 Å². The number of carboxylic acids is 1. The zero-order valence-corrected chi connectivity index (χ0v) is 11.1. The molecular formula is C11H17N3O5. The van der Waals surface area contributed by atoms with E-state index in [1.165, 1.54) is 25.8 Å². The van der Waals surface area contributed by atoms with E-state index < -0.39 is 35.8 Å². The van der Waals surface area contributed by atoms with Crippen molar-refractivity contribution in [3.63, 3.8) is 0 Å². The Hall–Kier alpha value is -2.12. The van der Waals surface area contributed by atoms with Crippen LogP contribution in [0.4, 0.5) is 4.79 Å². The first-order valence-corrected chi connectivity index (χ1v) is 5.70. The number of amides is 4. The Kier molecular flexibility index (Phi) is 4.13. The molecule has 0 aromatic rings. The third kappa shape index (κ3) is 3.43. The Bertz CT molecular complexity index is 432. The molecule has 0 radical (unpaired) electrons. The molecule has 8 nitrogen and oxygen atoms in total. The molecule has 1 heterocycles. The summed E-state index contributed by atoms with van der Waals surface area (Å²) in [6.07, 6.45) is 0. The van der Waals surface area contributed by atoms with Crippen molar-refractivity contribution in [2.75, 3.05) is 26.7 Å². The standard InChI is InChI=1S/C11H17N3O5/c1-11(2,9(17)18)6-12-7(15)4-14-8(16)5-13(3)10(14)19/h4-6H2,1-3H3,(H,12,15)(H,17,18). The van der Waals surface area contributed by atoms with E-state index >= 15 is 0 Å². The summed E-state index contributed by atoms with van der Waals surface area (Å²) >= 11 is 0. The number of carboxylic acid groups (broad SMARTS) is 1. The van der Waals surface area contributed by atoms with Gasteiger partial charge in [-0.1, -0.05) is 0 Å². The molecule has 0 aromatic heterocycles. The van der Waals surface area contributed by atoms with Crippen molar-refractivity contribution in [1.82, 2.24) is 15.1 Å². The molecule has 106 valence electrons. The van der Waals surface area contributed by atoms with Crippen molar-refractivity contribution < 1.29 is 24.3 Å². The van der Waals surface area contributed by atoms with Gasteiger partial charge >= 0.3 is 12.0 Å². The predicted octanol–water partition coefficient (Wildman–Crippen LogP) is -0.893. The third-order valence-corrected chi connectivity index (χ3v) is 2.84. The van der Waals surface area contributed by atoms with Crippen LogP contribution in [0, 0.1) is 5.41 Å². The fourth-order valence-electron chi connectivity index (χ4n) is 1.42.